The maximum absolute atomic E-state index is 12.4. The number of aromatic nitrogens is 2. The molecule has 0 saturated carbocycles. The van der Waals surface area contributed by atoms with E-state index in [9.17, 15) is 8.42 Å². The lowest BCUT2D eigenvalue weighted by Crippen LogP contribution is -2.28. The number of hydrogen-bond acceptors (Lipinski definition) is 4. The van der Waals surface area contributed by atoms with Crippen molar-refractivity contribution in [2.24, 2.45) is 0 Å². The molecule has 1 heterocycles. The lowest BCUT2D eigenvalue weighted by Gasteiger charge is -2.14. The molecule has 20 heavy (non-hydrogen) atoms. The summed E-state index contributed by atoms with van der Waals surface area (Å²) >= 11 is 0. The van der Waals surface area contributed by atoms with Crippen LogP contribution in [0.5, 0.6) is 5.75 Å². The van der Waals surface area contributed by atoms with Crippen LogP contribution in [0.15, 0.2) is 35.5 Å². The molecule has 0 bridgehead atoms. The van der Waals surface area contributed by atoms with E-state index < -0.39 is 16.1 Å². The minimum absolute atomic E-state index is 0.124. The quantitative estimate of drug-likeness (QED) is 0.880. The Hall–Kier alpha value is -1.86. The van der Waals surface area contributed by atoms with Crippen LogP contribution in [0.25, 0.3) is 0 Å². The van der Waals surface area contributed by atoms with Crippen LogP contribution in [0.2, 0.25) is 0 Å². The van der Waals surface area contributed by atoms with Gasteiger partial charge in [-0.05, 0) is 31.5 Å². The summed E-state index contributed by atoms with van der Waals surface area (Å²) in [5, 5.41) is 0. The molecule has 1 aromatic heterocycles. The van der Waals surface area contributed by atoms with Gasteiger partial charge in [0.25, 0.3) is 0 Å². The number of benzene rings is 1. The highest BCUT2D eigenvalue weighted by Gasteiger charge is 2.23. The van der Waals surface area contributed by atoms with E-state index in [1.807, 2.05) is 6.92 Å². The number of nitrogens with one attached hydrogen (secondary N) is 2. The summed E-state index contributed by atoms with van der Waals surface area (Å²) < 4.78 is 32.6. The van der Waals surface area contributed by atoms with Gasteiger partial charge in [-0.25, -0.2) is 18.1 Å². The largest absolute Gasteiger partial charge is 0.495 e. The molecule has 6 nitrogen and oxygen atoms in total. The molecule has 0 fully saturated rings. The van der Waals surface area contributed by atoms with Crippen molar-refractivity contribution in [1.29, 1.82) is 0 Å². The van der Waals surface area contributed by atoms with E-state index in [4.69, 9.17) is 4.74 Å². The number of aromatic amines is 1. The van der Waals surface area contributed by atoms with E-state index in [0.717, 1.165) is 5.56 Å². The van der Waals surface area contributed by atoms with Crippen LogP contribution in [0.1, 0.15) is 24.4 Å². The molecule has 0 radical (unpaired) electrons. The smallest absolute Gasteiger partial charge is 0.244 e. The number of rotatable bonds is 5. The Morgan fingerprint density at radius 2 is 2.15 bits per heavy atom. The van der Waals surface area contributed by atoms with Crippen LogP contribution >= 0.6 is 0 Å². The van der Waals surface area contributed by atoms with Gasteiger partial charge in [0.05, 0.1) is 13.2 Å². The van der Waals surface area contributed by atoms with Gasteiger partial charge < -0.3 is 9.72 Å². The number of methoxy groups -OCH3 is 1. The number of ether oxygens (including phenoxy) is 1. The number of hydrogen-bond donors (Lipinski definition) is 2. The fourth-order valence-corrected chi connectivity index (χ4v) is 3.32. The molecule has 0 aliphatic heterocycles. The van der Waals surface area contributed by atoms with Crippen molar-refractivity contribution in [3.05, 3.63) is 42.0 Å². The highest BCUT2D eigenvalue weighted by atomic mass is 32.2. The Labute approximate surface area is 118 Å². The highest BCUT2D eigenvalue weighted by Crippen LogP contribution is 2.25. The minimum Gasteiger partial charge on any atom is -0.495 e. The molecule has 1 atom stereocenters. The average molecular weight is 295 g/mol. The molecule has 0 amide bonds. The van der Waals surface area contributed by atoms with Crippen molar-refractivity contribution >= 4 is 10.0 Å². The predicted molar refractivity (Wildman–Crippen MR) is 75.1 cm³/mol. The zero-order valence-corrected chi connectivity index (χ0v) is 12.4. The van der Waals surface area contributed by atoms with Gasteiger partial charge >= 0.3 is 0 Å². The van der Waals surface area contributed by atoms with Gasteiger partial charge in [-0.15, -0.1) is 0 Å². The fourth-order valence-electron chi connectivity index (χ4n) is 1.86. The summed E-state index contributed by atoms with van der Waals surface area (Å²) in [7, 11) is -2.24. The summed E-state index contributed by atoms with van der Waals surface area (Å²) in [6, 6.07) is 4.56. The van der Waals surface area contributed by atoms with E-state index in [0.29, 0.717) is 11.6 Å². The zero-order chi connectivity index (χ0) is 14.8. The second-order valence-corrected chi connectivity index (χ2v) is 6.15. The summed E-state index contributed by atoms with van der Waals surface area (Å²) in [6.45, 7) is 3.55. The first-order valence-corrected chi connectivity index (χ1v) is 7.58. The Morgan fingerprint density at radius 3 is 2.75 bits per heavy atom. The Bertz CT molecular complexity index is 681. The maximum Gasteiger partial charge on any atom is 0.244 e. The van der Waals surface area contributed by atoms with Crippen molar-refractivity contribution in [2.75, 3.05) is 7.11 Å². The number of H-pyrrole nitrogens is 1. The molecule has 7 heteroatoms. The van der Waals surface area contributed by atoms with E-state index >= 15 is 0 Å². The van der Waals surface area contributed by atoms with E-state index in [1.165, 1.54) is 7.11 Å². The van der Waals surface area contributed by atoms with Crippen LogP contribution in [0.3, 0.4) is 0 Å². The fraction of sp³-hybridized carbons (Fsp3) is 0.308. The van der Waals surface area contributed by atoms with Gasteiger partial charge in [0, 0.05) is 12.4 Å². The maximum atomic E-state index is 12.4. The molecule has 1 unspecified atom stereocenters. The van der Waals surface area contributed by atoms with Gasteiger partial charge in [-0.2, -0.15) is 0 Å². The zero-order valence-electron chi connectivity index (χ0n) is 11.5. The summed E-state index contributed by atoms with van der Waals surface area (Å²) in [4.78, 5) is 7.05. The van der Waals surface area contributed by atoms with Crippen LogP contribution in [-0.4, -0.2) is 25.5 Å². The molecule has 2 N–H and O–H groups in total. The average Bonchev–Trinajstić information content (AvgIpc) is 2.92. The monoisotopic (exact) mass is 295 g/mol. The van der Waals surface area contributed by atoms with Crippen molar-refractivity contribution in [3.63, 3.8) is 0 Å². The van der Waals surface area contributed by atoms with Crippen molar-refractivity contribution in [2.45, 2.75) is 24.8 Å². The summed E-state index contributed by atoms with van der Waals surface area (Å²) in [5.74, 6) is 0.870. The molecule has 1 aromatic carbocycles. The van der Waals surface area contributed by atoms with E-state index in [1.54, 1.807) is 37.5 Å². The molecule has 0 aliphatic carbocycles. The van der Waals surface area contributed by atoms with Gasteiger partial charge in [0.2, 0.25) is 10.0 Å². The molecule has 0 spiro atoms. The van der Waals surface area contributed by atoms with E-state index in [-0.39, 0.29) is 4.90 Å². The molecule has 2 rings (SSSR count). The van der Waals surface area contributed by atoms with Gasteiger partial charge in [0.15, 0.2) is 0 Å². The first kappa shape index (κ1) is 14.5. The predicted octanol–water partition coefficient (Wildman–Crippen LogP) is 1.77. The third-order valence-electron chi connectivity index (χ3n) is 2.87. The van der Waals surface area contributed by atoms with Crippen LogP contribution in [-0.2, 0) is 10.0 Å². The normalized spacial score (nSPS) is 13.2. The summed E-state index contributed by atoms with van der Waals surface area (Å²) in [6.07, 6.45) is 3.22. The molecule has 2 aromatic rings. The molecule has 108 valence electrons. The number of sulfonamides is 1. The lowest BCUT2D eigenvalue weighted by molar-refractivity contribution is 0.402. The lowest BCUT2D eigenvalue weighted by atomic mass is 10.2. The Balaban J connectivity index is 2.33. The first-order valence-electron chi connectivity index (χ1n) is 6.10. The van der Waals surface area contributed by atoms with Crippen molar-refractivity contribution < 1.29 is 13.2 Å². The minimum atomic E-state index is -3.69. The van der Waals surface area contributed by atoms with E-state index in [2.05, 4.69) is 14.7 Å². The Morgan fingerprint density at radius 1 is 1.40 bits per heavy atom. The van der Waals surface area contributed by atoms with Gasteiger partial charge in [-0.1, -0.05) is 6.07 Å². The number of nitrogens with zero attached hydrogens (tertiary/aromatic N) is 1. The van der Waals surface area contributed by atoms with Crippen LogP contribution in [0.4, 0.5) is 0 Å². The number of imidazole rings is 1. The Kier molecular flexibility index (Phi) is 4.10. The van der Waals surface area contributed by atoms with Crippen molar-refractivity contribution in [1.82, 2.24) is 14.7 Å². The SMILES string of the molecule is COc1ccc(C)cc1S(=O)(=O)NC(C)c1ncc[nH]1. The number of aryl methyl sites for hydroxylation is 1. The van der Waals surface area contributed by atoms with Gasteiger partial charge in [-0.3, -0.25) is 0 Å². The molecule has 0 aliphatic rings. The van der Waals surface area contributed by atoms with Gasteiger partial charge in [0.1, 0.15) is 16.5 Å². The van der Waals surface area contributed by atoms with Crippen LogP contribution < -0.4 is 9.46 Å². The van der Waals surface area contributed by atoms with Crippen molar-refractivity contribution in [3.8, 4) is 5.75 Å². The summed E-state index contributed by atoms with van der Waals surface area (Å²) in [5.41, 5.74) is 0.844. The highest BCUT2D eigenvalue weighted by molar-refractivity contribution is 7.89. The third kappa shape index (κ3) is 3.00. The molecular weight excluding hydrogens is 278 g/mol. The second-order valence-electron chi connectivity index (χ2n) is 4.47. The standard InChI is InChI=1S/C13H17N3O3S/c1-9-4-5-11(19-3)12(8-9)20(17,18)16-10(2)13-14-6-7-15-13/h4-8,10,16H,1-3H3,(H,14,15). The topological polar surface area (TPSA) is 84.1 Å². The molecule has 0 saturated heterocycles. The third-order valence-corrected chi connectivity index (χ3v) is 4.43. The first-order chi connectivity index (χ1) is 9.44. The molecular formula is C13H17N3O3S. The van der Waals surface area contributed by atoms with Crippen LogP contribution in [0, 0.1) is 6.92 Å². The second kappa shape index (κ2) is 5.64.